The summed E-state index contributed by atoms with van der Waals surface area (Å²) in [5.41, 5.74) is 0.874. The van der Waals surface area contributed by atoms with Crippen molar-refractivity contribution in [2.75, 3.05) is 0 Å². The Morgan fingerprint density at radius 2 is 2.29 bits per heavy atom. The van der Waals surface area contributed by atoms with Crippen LogP contribution in [0.4, 0.5) is 0 Å². The van der Waals surface area contributed by atoms with Gasteiger partial charge in [0.05, 0.1) is 0 Å². The molecule has 0 fully saturated rings. The van der Waals surface area contributed by atoms with Crippen molar-refractivity contribution in [1.82, 2.24) is 14.8 Å². The van der Waals surface area contributed by atoms with Gasteiger partial charge >= 0.3 is 0 Å². The highest BCUT2D eigenvalue weighted by Crippen LogP contribution is 2.28. The molecule has 0 saturated heterocycles. The summed E-state index contributed by atoms with van der Waals surface area (Å²) in [4.78, 5) is 4.58. The van der Waals surface area contributed by atoms with Crippen LogP contribution < -0.4 is 0 Å². The van der Waals surface area contributed by atoms with E-state index in [1.165, 1.54) is 6.42 Å². The Morgan fingerprint density at radius 1 is 1.41 bits per heavy atom. The first-order chi connectivity index (χ1) is 8.24. The number of phenols is 1. The van der Waals surface area contributed by atoms with Crippen LogP contribution in [-0.4, -0.2) is 19.9 Å². The van der Waals surface area contributed by atoms with E-state index in [0.29, 0.717) is 11.7 Å². The van der Waals surface area contributed by atoms with E-state index in [2.05, 4.69) is 17.0 Å². The minimum absolute atomic E-state index is 0.253. The van der Waals surface area contributed by atoms with Gasteiger partial charge < -0.3 is 5.11 Å². The molecule has 0 radical (unpaired) electrons. The first-order valence-electron chi connectivity index (χ1n) is 5.98. The third-order valence-corrected chi connectivity index (χ3v) is 3.25. The van der Waals surface area contributed by atoms with Crippen molar-refractivity contribution in [2.24, 2.45) is 0 Å². The zero-order valence-corrected chi connectivity index (χ0v) is 9.80. The summed E-state index contributed by atoms with van der Waals surface area (Å²) in [6, 6.07) is 7.09. The molecule has 1 aliphatic rings. The predicted molar refractivity (Wildman–Crippen MR) is 64.8 cm³/mol. The topological polar surface area (TPSA) is 50.9 Å². The van der Waals surface area contributed by atoms with E-state index in [-0.39, 0.29) is 5.75 Å². The van der Waals surface area contributed by atoms with E-state index in [9.17, 15) is 5.11 Å². The van der Waals surface area contributed by atoms with Crippen LogP contribution in [0, 0.1) is 0 Å². The number of rotatable bonds is 1. The quantitative estimate of drug-likeness (QED) is 0.817. The Morgan fingerprint density at radius 3 is 3.06 bits per heavy atom. The lowest BCUT2D eigenvalue weighted by molar-refractivity contribution is 0.432. The van der Waals surface area contributed by atoms with Crippen LogP contribution in [0.25, 0.3) is 11.4 Å². The fraction of sp³-hybridized carbons (Fsp3) is 0.385. The van der Waals surface area contributed by atoms with Crippen LogP contribution in [0.15, 0.2) is 24.3 Å². The maximum atomic E-state index is 9.47. The molecule has 88 valence electrons. The average Bonchev–Trinajstić information content (AvgIpc) is 2.74. The van der Waals surface area contributed by atoms with Gasteiger partial charge in [-0.2, -0.15) is 5.10 Å². The van der Waals surface area contributed by atoms with E-state index in [4.69, 9.17) is 0 Å². The van der Waals surface area contributed by atoms with Crippen LogP contribution in [0.5, 0.6) is 5.75 Å². The maximum Gasteiger partial charge on any atom is 0.181 e. The molecule has 1 atom stereocenters. The number of hydrogen-bond acceptors (Lipinski definition) is 3. The summed E-state index contributed by atoms with van der Waals surface area (Å²) in [5.74, 6) is 2.50. The Kier molecular flexibility index (Phi) is 2.35. The molecule has 0 bridgehead atoms. The fourth-order valence-electron chi connectivity index (χ4n) is 2.33. The van der Waals surface area contributed by atoms with Crippen molar-refractivity contribution < 1.29 is 5.11 Å². The van der Waals surface area contributed by atoms with Gasteiger partial charge in [0.2, 0.25) is 0 Å². The predicted octanol–water partition coefficient (Wildman–Crippen LogP) is 2.55. The number of fused-ring (bicyclic) bond motifs is 1. The number of nitrogens with zero attached hydrogens (tertiary/aromatic N) is 3. The van der Waals surface area contributed by atoms with Crippen LogP contribution >= 0.6 is 0 Å². The van der Waals surface area contributed by atoms with Crippen molar-refractivity contribution in [1.29, 1.82) is 0 Å². The number of aromatic hydroxyl groups is 1. The molecule has 0 spiro atoms. The van der Waals surface area contributed by atoms with Crippen molar-refractivity contribution in [3.63, 3.8) is 0 Å². The van der Waals surface area contributed by atoms with E-state index < -0.39 is 0 Å². The zero-order valence-electron chi connectivity index (χ0n) is 9.80. The second-order valence-corrected chi connectivity index (χ2v) is 4.61. The molecule has 1 aromatic heterocycles. The average molecular weight is 229 g/mol. The normalized spacial score (nSPS) is 19.0. The molecule has 4 nitrogen and oxygen atoms in total. The molecule has 1 aliphatic heterocycles. The molecular weight excluding hydrogens is 214 g/mol. The molecular formula is C13H15N3O. The summed E-state index contributed by atoms with van der Waals surface area (Å²) < 4.78 is 1.99. The Labute approximate surface area is 99.9 Å². The lowest BCUT2D eigenvalue weighted by atomic mass is 10.0. The van der Waals surface area contributed by atoms with Crippen molar-refractivity contribution in [2.45, 2.75) is 32.2 Å². The van der Waals surface area contributed by atoms with Crippen LogP contribution in [0.2, 0.25) is 0 Å². The number of benzene rings is 1. The lowest BCUT2D eigenvalue weighted by Gasteiger charge is -2.17. The van der Waals surface area contributed by atoms with Gasteiger partial charge in [0.25, 0.3) is 0 Å². The molecule has 1 N–H and O–H groups in total. The minimum atomic E-state index is 0.253. The highest BCUT2D eigenvalue weighted by atomic mass is 16.3. The van der Waals surface area contributed by atoms with Crippen LogP contribution in [0.1, 0.15) is 31.5 Å². The summed E-state index contributed by atoms with van der Waals surface area (Å²) in [5, 5.41) is 14.0. The first-order valence-corrected chi connectivity index (χ1v) is 5.98. The van der Waals surface area contributed by atoms with E-state index in [1.807, 2.05) is 16.8 Å². The monoisotopic (exact) mass is 229 g/mol. The van der Waals surface area contributed by atoms with Gasteiger partial charge in [0.1, 0.15) is 11.6 Å². The Bertz CT molecular complexity index is 547. The maximum absolute atomic E-state index is 9.47. The number of hydrogen-bond donors (Lipinski definition) is 1. The molecule has 4 heteroatoms. The van der Waals surface area contributed by atoms with Gasteiger partial charge in [0, 0.05) is 18.0 Å². The molecule has 0 amide bonds. The standard InChI is InChI=1S/C13H15N3O/c1-9-4-3-7-16-13(9)14-12(15-16)10-5-2-6-11(17)8-10/h2,5-6,8-9,17H,3-4,7H2,1H3. The Balaban J connectivity index is 2.05. The molecule has 0 saturated carbocycles. The zero-order chi connectivity index (χ0) is 11.8. The van der Waals surface area contributed by atoms with Crippen molar-refractivity contribution in [3.05, 3.63) is 30.1 Å². The molecule has 1 aromatic carbocycles. The number of aromatic nitrogens is 3. The summed E-state index contributed by atoms with van der Waals surface area (Å²) in [6.07, 6.45) is 2.34. The lowest BCUT2D eigenvalue weighted by Crippen LogP contribution is -2.14. The largest absolute Gasteiger partial charge is 0.508 e. The molecule has 1 unspecified atom stereocenters. The highest BCUT2D eigenvalue weighted by Gasteiger charge is 2.20. The highest BCUT2D eigenvalue weighted by molar-refractivity contribution is 5.57. The molecule has 3 rings (SSSR count). The minimum Gasteiger partial charge on any atom is -0.508 e. The van der Waals surface area contributed by atoms with Crippen molar-refractivity contribution in [3.8, 4) is 17.1 Å². The molecule has 17 heavy (non-hydrogen) atoms. The number of aryl methyl sites for hydroxylation is 1. The third kappa shape index (κ3) is 1.79. The molecule has 2 heterocycles. The Hall–Kier alpha value is -1.84. The van der Waals surface area contributed by atoms with E-state index in [0.717, 1.165) is 24.4 Å². The third-order valence-electron chi connectivity index (χ3n) is 3.25. The van der Waals surface area contributed by atoms with Crippen LogP contribution in [0.3, 0.4) is 0 Å². The van der Waals surface area contributed by atoms with Gasteiger partial charge in [-0.3, -0.25) is 0 Å². The molecule has 2 aromatic rings. The summed E-state index contributed by atoms with van der Waals surface area (Å²) >= 11 is 0. The van der Waals surface area contributed by atoms with Gasteiger partial charge in [-0.05, 0) is 25.0 Å². The summed E-state index contributed by atoms with van der Waals surface area (Å²) in [7, 11) is 0. The van der Waals surface area contributed by atoms with Crippen molar-refractivity contribution >= 4 is 0 Å². The fourth-order valence-corrected chi connectivity index (χ4v) is 2.33. The van der Waals surface area contributed by atoms with Gasteiger partial charge in [-0.25, -0.2) is 9.67 Å². The molecule has 0 aliphatic carbocycles. The van der Waals surface area contributed by atoms with E-state index in [1.54, 1.807) is 12.1 Å². The van der Waals surface area contributed by atoms with E-state index >= 15 is 0 Å². The van der Waals surface area contributed by atoms with Gasteiger partial charge in [0.15, 0.2) is 5.82 Å². The second-order valence-electron chi connectivity index (χ2n) is 4.61. The second kappa shape index (κ2) is 3.87. The van der Waals surface area contributed by atoms with Crippen LogP contribution in [-0.2, 0) is 6.54 Å². The number of phenolic OH excluding ortho intramolecular Hbond substituents is 1. The smallest absolute Gasteiger partial charge is 0.181 e. The first kappa shape index (κ1) is 10.3. The summed E-state index contributed by atoms with van der Waals surface area (Å²) in [6.45, 7) is 3.14. The van der Waals surface area contributed by atoms with Gasteiger partial charge in [-0.1, -0.05) is 19.1 Å². The SMILES string of the molecule is CC1CCCn2nc(-c3cccc(O)c3)nc21. The van der Waals surface area contributed by atoms with Gasteiger partial charge in [-0.15, -0.1) is 0 Å².